The number of aromatic nitrogens is 2. The summed E-state index contributed by atoms with van der Waals surface area (Å²) in [5.74, 6) is -1.21. The molecule has 0 aliphatic carbocycles. The van der Waals surface area contributed by atoms with Crippen molar-refractivity contribution in [2.45, 2.75) is 19.4 Å². The van der Waals surface area contributed by atoms with Crippen LogP contribution in [0.2, 0.25) is 0 Å². The maximum absolute atomic E-state index is 14.6. The molecular formula is C19H20F2N3OP. The van der Waals surface area contributed by atoms with Crippen LogP contribution in [0, 0.1) is 18.6 Å². The van der Waals surface area contributed by atoms with Gasteiger partial charge in [-0.3, -0.25) is 0 Å². The minimum absolute atomic E-state index is 0.0137. The van der Waals surface area contributed by atoms with Crippen molar-refractivity contribution >= 4 is 20.2 Å². The van der Waals surface area contributed by atoms with Crippen molar-refractivity contribution in [3.63, 3.8) is 0 Å². The zero-order valence-corrected chi connectivity index (χ0v) is 15.6. The number of hydrogen-bond donors (Lipinski definition) is 1. The number of ether oxygens (including phenoxy) is 1. The highest BCUT2D eigenvalue weighted by Crippen LogP contribution is 2.29. The standard InChI is InChI=1S/C19H20F2N3OP/c1-11-2-4-24-15(9-13-10-22-3-5-25-13)19(23-17(24)6-11)18-14(21)7-12(20)8-16(18)26/h2,4,6-8,13,22H,3,5,9-10,26H2,1H3/t13-/m0/s1. The minimum atomic E-state index is -0.612. The van der Waals surface area contributed by atoms with E-state index < -0.39 is 11.6 Å². The number of rotatable bonds is 3. The number of imidazole rings is 1. The van der Waals surface area contributed by atoms with Gasteiger partial charge in [0.2, 0.25) is 0 Å². The van der Waals surface area contributed by atoms with Crippen molar-refractivity contribution in [3.8, 4) is 11.3 Å². The summed E-state index contributed by atoms with van der Waals surface area (Å²) in [4.78, 5) is 4.67. The van der Waals surface area contributed by atoms with Crippen LogP contribution in [0.15, 0.2) is 30.5 Å². The molecule has 1 fully saturated rings. The first-order valence-electron chi connectivity index (χ1n) is 8.57. The monoisotopic (exact) mass is 375 g/mol. The number of morpholine rings is 1. The van der Waals surface area contributed by atoms with Gasteiger partial charge in [-0.15, -0.1) is 9.24 Å². The molecule has 2 atom stereocenters. The summed E-state index contributed by atoms with van der Waals surface area (Å²) in [5.41, 5.74) is 3.53. The van der Waals surface area contributed by atoms with E-state index in [9.17, 15) is 8.78 Å². The minimum Gasteiger partial charge on any atom is -0.375 e. The van der Waals surface area contributed by atoms with E-state index in [1.165, 1.54) is 6.07 Å². The maximum Gasteiger partial charge on any atom is 0.137 e. The fraction of sp³-hybridized carbons (Fsp3) is 0.316. The van der Waals surface area contributed by atoms with Crippen molar-refractivity contribution < 1.29 is 13.5 Å². The van der Waals surface area contributed by atoms with E-state index in [1.54, 1.807) is 0 Å². The Balaban J connectivity index is 1.89. The lowest BCUT2D eigenvalue weighted by molar-refractivity contribution is 0.0286. The molecular weight excluding hydrogens is 355 g/mol. The molecule has 0 bridgehead atoms. The zero-order chi connectivity index (χ0) is 18.3. The molecule has 1 aliphatic rings. The average molecular weight is 375 g/mol. The molecule has 4 nitrogen and oxygen atoms in total. The molecule has 4 rings (SSSR count). The zero-order valence-electron chi connectivity index (χ0n) is 14.4. The molecule has 3 aromatic rings. The summed E-state index contributed by atoms with van der Waals surface area (Å²) < 4.78 is 36.0. The molecule has 7 heteroatoms. The lowest BCUT2D eigenvalue weighted by Crippen LogP contribution is -2.39. The summed E-state index contributed by atoms with van der Waals surface area (Å²) in [6.07, 6.45) is 2.52. The Hall–Kier alpha value is -1.88. The quantitative estimate of drug-likeness (QED) is 0.716. The number of aryl methyl sites for hydroxylation is 1. The van der Waals surface area contributed by atoms with E-state index in [0.717, 1.165) is 36.1 Å². The smallest absolute Gasteiger partial charge is 0.137 e. The summed E-state index contributed by atoms with van der Waals surface area (Å²) in [5, 5.41) is 3.76. The van der Waals surface area contributed by atoms with Crippen molar-refractivity contribution in [1.29, 1.82) is 0 Å². The molecule has 26 heavy (non-hydrogen) atoms. The maximum atomic E-state index is 14.6. The van der Waals surface area contributed by atoms with Gasteiger partial charge in [0.15, 0.2) is 0 Å². The molecule has 0 amide bonds. The van der Waals surface area contributed by atoms with E-state index in [-0.39, 0.29) is 6.10 Å². The van der Waals surface area contributed by atoms with Gasteiger partial charge >= 0.3 is 0 Å². The third-order valence-electron chi connectivity index (χ3n) is 4.63. The third kappa shape index (κ3) is 3.25. The van der Waals surface area contributed by atoms with Gasteiger partial charge in [0.1, 0.15) is 17.3 Å². The summed E-state index contributed by atoms with van der Waals surface area (Å²) in [6.45, 7) is 4.20. The van der Waals surface area contributed by atoms with Gasteiger partial charge in [0.25, 0.3) is 0 Å². The molecule has 1 N–H and O–H groups in total. The highest BCUT2D eigenvalue weighted by atomic mass is 31.0. The van der Waals surface area contributed by atoms with Crippen LogP contribution in [0.4, 0.5) is 8.78 Å². The Morgan fingerprint density at radius 1 is 1.35 bits per heavy atom. The van der Waals surface area contributed by atoms with Gasteiger partial charge in [-0.1, -0.05) is 0 Å². The summed E-state index contributed by atoms with van der Waals surface area (Å²) >= 11 is 0. The second-order valence-corrected chi connectivity index (χ2v) is 7.21. The Labute approximate surface area is 152 Å². The molecule has 1 unspecified atom stereocenters. The molecule has 2 aromatic heterocycles. The van der Waals surface area contributed by atoms with Crippen LogP contribution in [0.3, 0.4) is 0 Å². The number of nitrogens with one attached hydrogen (secondary N) is 1. The highest BCUT2D eigenvalue weighted by molar-refractivity contribution is 7.28. The number of halogens is 2. The first-order chi connectivity index (χ1) is 12.5. The Morgan fingerprint density at radius 2 is 2.19 bits per heavy atom. The number of pyridine rings is 1. The highest BCUT2D eigenvalue weighted by Gasteiger charge is 2.24. The van der Waals surface area contributed by atoms with E-state index in [4.69, 9.17) is 4.74 Å². The molecule has 1 aliphatic heterocycles. The van der Waals surface area contributed by atoms with E-state index in [1.807, 2.05) is 29.7 Å². The van der Waals surface area contributed by atoms with Crippen LogP contribution in [0.25, 0.3) is 16.9 Å². The number of hydrogen-bond acceptors (Lipinski definition) is 3. The van der Waals surface area contributed by atoms with Crippen molar-refractivity contribution in [2.24, 2.45) is 0 Å². The Kier molecular flexibility index (Phi) is 4.74. The molecule has 136 valence electrons. The van der Waals surface area contributed by atoms with Crippen molar-refractivity contribution in [2.75, 3.05) is 19.7 Å². The SMILES string of the molecule is Cc1ccn2c(C[C@H]3CNCCO3)c(-c3c(F)cc(F)cc3P)nc2c1. The van der Waals surface area contributed by atoms with Crippen LogP contribution < -0.4 is 10.6 Å². The lowest BCUT2D eigenvalue weighted by atomic mass is 10.0. The number of benzene rings is 1. The third-order valence-corrected chi connectivity index (χ3v) is 5.08. The predicted molar refractivity (Wildman–Crippen MR) is 101 cm³/mol. The van der Waals surface area contributed by atoms with Crippen LogP contribution >= 0.6 is 9.24 Å². The largest absolute Gasteiger partial charge is 0.375 e. The normalized spacial score (nSPS) is 17.8. The van der Waals surface area contributed by atoms with Crippen LogP contribution in [0.1, 0.15) is 11.3 Å². The van der Waals surface area contributed by atoms with Crippen LogP contribution in [-0.2, 0) is 11.2 Å². The van der Waals surface area contributed by atoms with Gasteiger partial charge in [-0.05, 0) is 36.0 Å². The van der Waals surface area contributed by atoms with Crippen LogP contribution in [0.5, 0.6) is 0 Å². The van der Waals surface area contributed by atoms with E-state index >= 15 is 0 Å². The first kappa shape index (κ1) is 17.5. The molecule has 1 aromatic carbocycles. The molecule has 1 saturated heterocycles. The van der Waals surface area contributed by atoms with E-state index in [0.29, 0.717) is 29.6 Å². The lowest BCUT2D eigenvalue weighted by Gasteiger charge is -2.24. The van der Waals surface area contributed by atoms with Gasteiger partial charge in [0.05, 0.1) is 24.1 Å². The van der Waals surface area contributed by atoms with Gasteiger partial charge in [-0.25, -0.2) is 13.8 Å². The predicted octanol–water partition coefficient (Wildman–Crippen LogP) is 2.62. The van der Waals surface area contributed by atoms with Crippen molar-refractivity contribution in [3.05, 3.63) is 53.4 Å². The second-order valence-electron chi connectivity index (χ2n) is 6.59. The van der Waals surface area contributed by atoms with Gasteiger partial charge in [-0.2, -0.15) is 0 Å². The Morgan fingerprint density at radius 3 is 2.92 bits per heavy atom. The average Bonchev–Trinajstić information content (AvgIpc) is 2.92. The fourth-order valence-corrected chi connectivity index (χ4v) is 3.84. The van der Waals surface area contributed by atoms with Gasteiger partial charge < -0.3 is 14.5 Å². The molecule has 0 radical (unpaired) electrons. The van der Waals surface area contributed by atoms with Crippen LogP contribution in [-0.4, -0.2) is 35.2 Å². The van der Waals surface area contributed by atoms with E-state index in [2.05, 4.69) is 19.5 Å². The molecule has 3 heterocycles. The number of fused-ring (bicyclic) bond motifs is 1. The number of nitrogens with zero attached hydrogens (tertiary/aromatic N) is 2. The molecule has 0 saturated carbocycles. The van der Waals surface area contributed by atoms with Gasteiger partial charge in [0, 0.05) is 37.3 Å². The summed E-state index contributed by atoms with van der Waals surface area (Å²) in [6, 6.07) is 6.16. The Bertz CT molecular complexity index is 944. The fourth-order valence-electron chi connectivity index (χ4n) is 3.40. The van der Waals surface area contributed by atoms with Crippen molar-refractivity contribution in [1.82, 2.24) is 14.7 Å². The summed E-state index contributed by atoms with van der Waals surface area (Å²) in [7, 11) is 2.41. The first-order valence-corrected chi connectivity index (χ1v) is 9.15. The second kappa shape index (κ2) is 7.03. The molecule has 0 spiro atoms. The topological polar surface area (TPSA) is 38.6 Å².